The van der Waals surface area contributed by atoms with E-state index < -0.39 is 0 Å². The maximum atomic E-state index is 6.12. The summed E-state index contributed by atoms with van der Waals surface area (Å²) in [6.07, 6.45) is 3.78. The predicted molar refractivity (Wildman–Crippen MR) is 82.3 cm³/mol. The first-order valence-electron chi connectivity index (χ1n) is 7.73. The molecule has 3 atom stereocenters. The summed E-state index contributed by atoms with van der Waals surface area (Å²) in [5, 5.41) is 3.08. The van der Waals surface area contributed by atoms with Gasteiger partial charge in [-0.05, 0) is 31.1 Å². The Labute approximate surface area is 122 Å². The van der Waals surface area contributed by atoms with Gasteiger partial charge in [-0.2, -0.15) is 4.98 Å². The van der Waals surface area contributed by atoms with E-state index in [4.69, 9.17) is 4.74 Å². The van der Waals surface area contributed by atoms with Crippen LogP contribution < -0.4 is 10.1 Å². The molecule has 1 aromatic rings. The number of hydrogen-bond donors (Lipinski definition) is 1. The Balaban J connectivity index is 2.10. The highest BCUT2D eigenvalue weighted by Crippen LogP contribution is 2.32. The van der Waals surface area contributed by atoms with Crippen LogP contribution in [0.1, 0.15) is 58.7 Å². The van der Waals surface area contributed by atoms with Crippen molar-refractivity contribution in [3.8, 4) is 5.88 Å². The van der Waals surface area contributed by atoms with Crippen molar-refractivity contribution in [3.63, 3.8) is 0 Å². The van der Waals surface area contributed by atoms with Crippen molar-refractivity contribution < 1.29 is 4.74 Å². The largest absolute Gasteiger partial charge is 0.474 e. The van der Waals surface area contributed by atoms with Gasteiger partial charge in [0.2, 0.25) is 5.88 Å². The molecule has 1 fully saturated rings. The average molecular weight is 277 g/mol. The lowest BCUT2D eigenvalue weighted by Crippen LogP contribution is -2.29. The van der Waals surface area contributed by atoms with Crippen LogP contribution in [0.4, 0.5) is 5.82 Å². The number of aromatic nitrogens is 2. The molecule has 0 bridgehead atoms. The van der Waals surface area contributed by atoms with Crippen molar-refractivity contribution in [3.05, 3.63) is 11.9 Å². The van der Waals surface area contributed by atoms with Crippen molar-refractivity contribution >= 4 is 5.82 Å². The highest BCUT2D eigenvalue weighted by molar-refractivity contribution is 5.38. The van der Waals surface area contributed by atoms with Gasteiger partial charge in [-0.1, -0.05) is 27.7 Å². The van der Waals surface area contributed by atoms with Crippen molar-refractivity contribution in [2.75, 3.05) is 12.4 Å². The normalized spacial score (nSPS) is 26.6. The molecule has 2 rings (SSSR count). The third-order valence-electron chi connectivity index (χ3n) is 4.33. The first-order chi connectivity index (χ1) is 9.49. The Morgan fingerprint density at radius 3 is 2.55 bits per heavy atom. The highest BCUT2D eigenvalue weighted by atomic mass is 16.5. The molecule has 1 heterocycles. The van der Waals surface area contributed by atoms with Crippen LogP contribution in [0, 0.1) is 11.8 Å². The number of anilines is 1. The molecule has 20 heavy (non-hydrogen) atoms. The molecule has 4 nitrogen and oxygen atoms in total. The minimum absolute atomic E-state index is 0.292. The molecule has 0 aliphatic heterocycles. The smallest absolute Gasteiger partial charge is 0.219 e. The van der Waals surface area contributed by atoms with Gasteiger partial charge in [-0.25, -0.2) is 4.98 Å². The molecule has 1 N–H and O–H groups in total. The van der Waals surface area contributed by atoms with Crippen LogP contribution in [0.5, 0.6) is 5.88 Å². The maximum Gasteiger partial charge on any atom is 0.219 e. The number of nitrogens with zero attached hydrogens (tertiary/aromatic N) is 2. The van der Waals surface area contributed by atoms with E-state index in [1.807, 2.05) is 13.1 Å². The molecule has 0 spiro atoms. The van der Waals surface area contributed by atoms with E-state index in [9.17, 15) is 0 Å². The second-order valence-electron chi connectivity index (χ2n) is 6.36. The lowest BCUT2D eigenvalue weighted by atomic mass is 9.80. The number of hydrogen-bond acceptors (Lipinski definition) is 4. The second kappa shape index (κ2) is 6.42. The van der Waals surface area contributed by atoms with Crippen LogP contribution in [-0.2, 0) is 0 Å². The minimum atomic E-state index is 0.292. The topological polar surface area (TPSA) is 47.0 Å². The zero-order valence-corrected chi connectivity index (χ0v) is 13.3. The van der Waals surface area contributed by atoms with Gasteiger partial charge in [0.25, 0.3) is 0 Å². The summed E-state index contributed by atoms with van der Waals surface area (Å²) in [5.74, 6) is 4.21. The Kier molecular flexibility index (Phi) is 4.84. The molecule has 0 saturated heterocycles. The van der Waals surface area contributed by atoms with Gasteiger partial charge in [0.15, 0.2) is 0 Å². The molecule has 3 unspecified atom stereocenters. The number of nitrogens with one attached hydrogen (secondary N) is 1. The fraction of sp³-hybridized carbons (Fsp3) is 0.750. The summed E-state index contributed by atoms with van der Waals surface area (Å²) < 4.78 is 6.12. The summed E-state index contributed by atoms with van der Waals surface area (Å²) in [6, 6.07) is 1.90. The van der Waals surface area contributed by atoms with E-state index in [1.54, 1.807) is 0 Å². The first-order valence-corrected chi connectivity index (χ1v) is 7.73. The Bertz CT molecular complexity index is 447. The molecular weight excluding hydrogens is 250 g/mol. The zero-order valence-electron chi connectivity index (χ0n) is 13.3. The molecule has 1 aromatic heterocycles. The number of rotatable bonds is 4. The van der Waals surface area contributed by atoms with Gasteiger partial charge in [0.05, 0.1) is 0 Å². The Morgan fingerprint density at radius 1 is 1.20 bits per heavy atom. The standard InChI is InChI=1S/C16H27N3O/c1-10(2)16-18-14(17-5)9-15(19-16)20-13-7-6-11(3)12(4)8-13/h9-13H,6-8H2,1-5H3,(H,17,18,19). The molecule has 4 heteroatoms. The zero-order chi connectivity index (χ0) is 14.7. The molecule has 1 aliphatic rings. The van der Waals surface area contributed by atoms with Gasteiger partial charge in [-0.3, -0.25) is 0 Å². The van der Waals surface area contributed by atoms with Crippen molar-refractivity contribution in [2.45, 2.75) is 59.0 Å². The van der Waals surface area contributed by atoms with Crippen molar-refractivity contribution in [1.82, 2.24) is 9.97 Å². The van der Waals surface area contributed by atoms with Gasteiger partial charge in [0.1, 0.15) is 17.7 Å². The Morgan fingerprint density at radius 2 is 1.95 bits per heavy atom. The van der Waals surface area contributed by atoms with E-state index in [0.717, 1.165) is 36.3 Å². The third kappa shape index (κ3) is 3.62. The average Bonchev–Trinajstić information content (AvgIpc) is 2.42. The van der Waals surface area contributed by atoms with Gasteiger partial charge >= 0.3 is 0 Å². The van der Waals surface area contributed by atoms with E-state index in [0.29, 0.717) is 17.9 Å². The maximum absolute atomic E-state index is 6.12. The van der Waals surface area contributed by atoms with Gasteiger partial charge in [0, 0.05) is 19.0 Å². The van der Waals surface area contributed by atoms with Crippen LogP contribution in [0.25, 0.3) is 0 Å². The summed E-state index contributed by atoms with van der Waals surface area (Å²) in [5.41, 5.74) is 0. The summed E-state index contributed by atoms with van der Waals surface area (Å²) in [4.78, 5) is 9.01. The van der Waals surface area contributed by atoms with Crippen LogP contribution in [-0.4, -0.2) is 23.1 Å². The quantitative estimate of drug-likeness (QED) is 0.908. The van der Waals surface area contributed by atoms with Gasteiger partial charge in [-0.15, -0.1) is 0 Å². The molecule has 112 valence electrons. The van der Waals surface area contributed by atoms with Crippen LogP contribution in [0.15, 0.2) is 6.07 Å². The molecular formula is C16H27N3O. The van der Waals surface area contributed by atoms with E-state index >= 15 is 0 Å². The number of ether oxygens (including phenoxy) is 1. The molecule has 1 aliphatic carbocycles. The molecule has 0 amide bonds. The summed E-state index contributed by atoms with van der Waals surface area (Å²) in [7, 11) is 1.88. The minimum Gasteiger partial charge on any atom is -0.474 e. The summed E-state index contributed by atoms with van der Waals surface area (Å²) in [6.45, 7) is 8.85. The first kappa shape index (κ1) is 15.1. The fourth-order valence-electron chi connectivity index (χ4n) is 2.67. The van der Waals surface area contributed by atoms with E-state index in [2.05, 4.69) is 43.0 Å². The highest BCUT2D eigenvalue weighted by Gasteiger charge is 2.26. The lowest BCUT2D eigenvalue weighted by Gasteiger charge is -2.32. The van der Waals surface area contributed by atoms with E-state index in [1.165, 1.54) is 6.42 Å². The molecule has 1 saturated carbocycles. The van der Waals surface area contributed by atoms with Crippen molar-refractivity contribution in [1.29, 1.82) is 0 Å². The Hall–Kier alpha value is -1.32. The van der Waals surface area contributed by atoms with Gasteiger partial charge < -0.3 is 10.1 Å². The summed E-state index contributed by atoms with van der Waals surface area (Å²) >= 11 is 0. The SMILES string of the molecule is CNc1cc(OC2CCC(C)C(C)C2)nc(C(C)C)n1. The second-order valence-corrected chi connectivity index (χ2v) is 6.36. The van der Waals surface area contributed by atoms with Crippen LogP contribution in [0.2, 0.25) is 0 Å². The molecule has 0 aromatic carbocycles. The molecule has 0 radical (unpaired) electrons. The van der Waals surface area contributed by atoms with Crippen LogP contribution in [0.3, 0.4) is 0 Å². The fourth-order valence-corrected chi connectivity index (χ4v) is 2.67. The third-order valence-corrected chi connectivity index (χ3v) is 4.33. The predicted octanol–water partition coefficient (Wildman–Crippen LogP) is 3.85. The van der Waals surface area contributed by atoms with Crippen LogP contribution >= 0.6 is 0 Å². The lowest BCUT2D eigenvalue weighted by molar-refractivity contribution is 0.0961. The van der Waals surface area contributed by atoms with Crippen molar-refractivity contribution in [2.24, 2.45) is 11.8 Å². The monoisotopic (exact) mass is 277 g/mol. The van der Waals surface area contributed by atoms with E-state index in [-0.39, 0.29) is 0 Å².